The predicted molar refractivity (Wildman–Crippen MR) is 58.9 cm³/mol. The summed E-state index contributed by atoms with van der Waals surface area (Å²) in [5, 5.41) is 8.71. The van der Waals surface area contributed by atoms with Gasteiger partial charge in [0.15, 0.2) is 0 Å². The fourth-order valence-corrected chi connectivity index (χ4v) is 2.08. The van der Waals surface area contributed by atoms with Gasteiger partial charge in [-0.25, -0.2) is 4.79 Å². The van der Waals surface area contributed by atoms with Crippen molar-refractivity contribution in [2.75, 3.05) is 7.11 Å². The summed E-state index contributed by atoms with van der Waals surface area (Å²) in [7, 11) is 1.28. The van der Waals surface area contributed by atoms with Crippen molar-refractivity contribution in [2.24, 2.45) is 5.92 Å². The molecule has 0 unspecified atom stereocenters. The zero-order valence-electron chi connectivity index (χ0n) is 9.57. The molecule has 0 amide bonds. The fourth-order valence-electron chi connectivity index (χ4n) is 2.08. The monoisotopic (exact) mass is 226 g/mol. The Kier molecular flexibility index (Phi) is 5.02. The Morgan fingerprint density at radius 2 is 1.94 bits per heavy atom. The number of carboxylic acid groups (broad SMARTS) is 1. The Morgan fingerprint density at radius 3 is 2.44 bits per heavy atom. The molecule has 0 saturated heterocycles. The van der Waals surface area contributed by atoms with E-state index in [9.17, 15) is 9.59 Å². The Bertz CT molecular complexity index is 287. The Morgan fingerprint density at radius 1 is 1.31 bits per heavy atom. The van der Waals surface area contributed by atoms with Crippen LogP contribution in [-0.2, 0) is 14.3 Å². The number of aliphatic carboxylic acids is 1. The van der Waals surface area contributed by atoms with Crippen LogP contribution in [0.1, 0.15) is 38.5 Å². The zero-order chi connectivity index (χ0) is 12.0. The second kappa shape index (κ2) is 6.30. The van der Waals surface area contributed by atoms with E-state index in [-0.39, 0.29) is 12.0 Å². The number of allylic oxidation sites excluding steroid dienone is 1. The van der Waals surface area contributed by atoms with Crippen molar-refractivity contribution in [2.45, 2.75) is 38.5 Å². The van der Waals surface area contributed by atoms with E-state index < -0.39 is 11.9 Å². The summed E-state index contributed by atoms with van der Waals surface area (Å²) >= 11 is 0. The summed E-state index contributed by atoms with van der Waals surface area (Å²) < 4.78 is 4.58. The van der Waals surface area contributed by atoms with Crippen LogP contribution in [0.25, 0.3) is 0 Å². The Hall–Kier alpha value is -1.32. The van der Waals surface area contributed by atoms with Gasteiger partial charge in [0.25, 0.3) is 0 Å². The van der Waals surface area contributed by atoms with Crippen LogP contribution in [0, 0.1) is 5.92 Å². The normalized spacial score (nSPS) is 18.2. The van der Waals surface area contributed by atoms with Gasteiger partial charge in [0.2, 0.25) is 0 Å². The fraction of sp³-hybridized carbons (Fsp3) is 0.667. The summed E-state index contributed by atoms with van der Waals surface area (Å²) in [6.07, 6.45) is 7.17. The van der Waals surface area contributed by atoms with Crippen molar-refractivity contribution in [1.82, 2.24) is 0 Å². The smallest absolute Gasteiger partial charge is 0.334 e. The molecule has 0 aromatic heterocycles. The molecule has 0 atom stereocenters. The second-order valence-corrected chi connectivity index (χ2v) is 4.15. The highest BCUT2D eigenvalue weighted by molar-refractivity contribution is 5.93. The molecule has 0 spiro atoms. The summed E-state index contributed by atoms with van der Waals surface area (Å²) in [6, 6.07) is 0. The maximum absolute atomic E-state index is 11.4. The molecule has 1 fully saturated rings. The number of carbonyl (C=O) groups excluding carboxylic acids is 1. The molecule has 4 heteroatoms. The maximum atomic E-state index is 11.4. The van der Waals surface area contributed by atoms with Gasteiger partial charge in [0.05, 0.1) is 13.5 Å². The molecule has 0 aromatic carbocycles. The summed E-state index contributed by atoms with van der Waals surface area (Å²) in [5.41, 5.74) is 0.280. The van der Waals surface area contributed by atoms with Crippen LogP contribution in [0.15, 0.2) is 11.6 Å². The number of rotatable bonds is 4. The summed E-state index contributed by atoms with van der Waals surface area (Å²) in [6.45, 7) is 0. The third-order valence-electron chi connectivity index (χ3n) is 2.88. The van der Waals surface area contributed by atoms with Crippen LogP contribution >= 0.6 is 0 Å². The van der Waals surface area contributed by atoms with E-state index in [1.54, 1.807) is 6.08 Å². The molecule has 0 aliphatic heterocycles. The van der Waals surface area contributed by atoms with E-state index in [0.29, 0.717) is 5.92 Å². The lowest BCUT2D eigenvalue weighted by Crippen LogP contribution is -2.12. The van der Waals surface area contributed by atoms with E-state index in [0.717, 1.165) is 25.7 Å². The molecule has 1 aliphatic carbocycles. The van der Waals surface area contributed by atoms with Crippen LogP contribution in [-0.4, -0.2) is 24.2 Å². The first-order valence-corrected chi connectivity index (χ1v) is 5.64. The number of carbonyl (C=O) groups is 2. The quantitative estimate of drug-likeness (QED) is 0.589. The molecular weight excluding hydrogens is 208 g/mol. The van der Waals surface area contributed by atoms with E-state index in [2.05, 4.69) is 4.74 Å². The number of hydrogen-bond donors (Lipinski definition) is 1. The van der Waals surface area contributed by atoms with Gasteiger partial charge in [-0.15, -0.1) is 0 Å². The van der Waals surface area contributed by atoms with Crippen LogP contribution < -0.4 is 0 Å². The van der Waals surface area contributed by atoms with Gasteiger partial charge in [-0.1, -0.05) is 25.3 Å². The summed E-state index contributed by atoms with van der Waals surface area (Å²) in [4.78, 5) is 22.0. The van der Waals surface area contributed by atoms with Crippen LogP contribution in [0.5, 0.6) is 0 Å². The van der Waals surface area contributed by atoms with Gasteiger partial charge in [-0.3, -0.25) is 4.79 Å². The predicted octanol–water partition coefficient (Wildman–Crippen LogP) is 2.14. The molecule has 16 heavy (non-hydrogen) atoms. The number of carboxylic acids is 1. The third-order valence-corrected chi connectivity index (χ3v) is 2.88. The minimum absolute atomic E-state index is 0.247. The van der Waals surface area contributed by atoms with Crippen LogP contribution in [0.2, 0.25) is 0 Å². The number of ether oxygens (including phenoxy) is 1. The highest BCUT2D eigenvalue weighted by Crippen LogP contribution is 2.26. The van der Waals surface area contributed by atoms with Crippen LogP contribution in [0.3, 0.4) is 0 Å². The van der Waals surface area contributed by atoms with Gasteiger partial charge in [0.1, 0.15) is 0 Å². The highest BCUT2D eigenvalue weighted by atomic mass is 16.5. The van der Waals surface area contributed by atoms with Gasteiger partial charge >= 0.3 is 11.9 Å². The van der Waals surface area contributed by atoms with Crippen LogP contribution in [0.4, 0.5) is 0 Å². The van der Waals surface area contributed by atoms with E-state index >= 15 is 0 Å². The molecule has 1 rings (SSSR count). The molecule has 1 N–H and O–H groups in total. The first-order valence-electron chi connectivity index (χ1n) is 5.64. The van der Waals surface area contributed by atoms with Gasteiger partial charge in [-0.05, 0) is 18.8 Å². The molecule has 4 nitrogen and oxygen atoms in total. The Labute approximate surface area is 95.3 Å². The van der Waals surface area contributed by atoms with Gasteiger partial charge in [0, 0.05) is 5.57 Å². The zero-order valence-corrected chi connectivity index (χ0v) is 9.57. The standard InChI is InChI=1S/C12H18O4/c1-16-12(15)10(8-11(13)14)7-9-5-3-2-4-6-9/h7,9H,2-6,8H2,1H3,(H,13,14). The lowest BCUT2D eigenvalue weighted by Gasteiger charge is -2.18. The maximum Gasteiger partial charge on any atom is 0.334 e. The summed E-state index contributed by atoms with van der Waals surface area (Å²) in [5.74, 6) is -1.18. The lowest BCUT2D eigenvalue weighted by molar-refractivity contribution is -0.141. The molecule has 0 bridgehead atoms. The van der Waals surface area contributed by atoms with Crippen molar-refractivity contribution >= 4 is 11.9 Å². The SMILES string of the molecule is COC(=O)C(=CC1CCCCC1)CC(=O)O. The molecule has 0 aromatic rings. The molecule has 0 radical (unpaired) electrons. The molecule has 1 aliphatic rings. The van der Waals surface area contributed by atoms with Crippen molar-refractivity contribution in [1.29, 1.82) is 0 Å². The van der Waals surface area contributed by atoms with E-state index in [1.165, 1.54) is 13.5 Å². The van der Waals surface area contributed by atoms with Crippen molar-refractivity contribution in [3.63, 3.8) is 0 Å². The molecule has 1 saturated carbocycles. The Balaban J connectivity index is 2.69. The van der Waals surface area contributed by atoms with Crippen molar-refractivity contribution in [3.8, 4) is 0 Å². The van der Waals surface area contributed by atoms with Gasteiger partial charge < -0.3 is 9.84 Å². The minimum atomic E-state index is -0.993. The van der Waals surface area contributed by atoms with Gasteiger partial charge in [-0.2, -0.15) is 0 Å². The molecule has 0 heterocycles. The average molecular weight is 226 g/mol. The topological polar surface area (TPSA) is 63.6 Å². The minimum Gasteiger partial charge on any atom is -0.481 e. The average Bonchev–Trinajstić information content (AvgIpc) is 2.28. The number of esters is 1. The van der Waals surface area contributed by atoms with Crippen molar-refractivity contribution < 1.29 is 19.4 Å². The third kappa shape index (κ3) is 4.04. The largest absolute Gasteiger partial charge is 0.481 e. The highest BCUT2D eigenvalue weighted by Gasteiger charge is 2.18. The van der Waals surface area contributed by atoms with E-state index in [4.69, 9.17) is 5.11 Å². The first kappa shape index (κ1) is 12.7. The number of methoxy groups -OCH3 is 1. The molecular formula is C12H18O4. The lowest BCUT2D eigenvalue weighted by atomic mass is 9.87. The van der Waals surface area contributed by atoms with Crippen molar-refractivity contribution in [3.05, 3.63) is 11.6 Å². The number of hydrogen-bond acceptors (Lipinski definition) is 3. The molecule has 90 valence electrons. The second-order valence-electron chi connectivity index (χ2n) is 4.15. The van der Waals surface area contributed by atoms with E-state index in [1.807, 2.05) is 0 Å². The first-order chi connectivity index (χ1) is 7.63.